The van der Waals surface area contributed by atoms with E-state index < -0.39 is 10.0 Å². The Hall–Kier alpha value is -2.74. The van der Waals surface area contributed by atoms with Crippen LogP contribution >= 0.6 is 0 Å². The van der Waals surface area contributed by atoms with Crippen LogP contribution in [0.2, 0.25) is 0 Å². The molecule has 1 amide bonds. The summed E-state index contributed by atoms with van der Waals surface area (Å²) in [5, 5.41) is 2.68. The van der Waals surface area contributed by atoms with Crippen molar-refractivity contribution in [3.8, 4) is 0 Å². The van der Waals surface area contributed by atoms with Gasteiger partial charge in [0, 0.05) is 30.5 Å². The summed E-state index contributed by atoms with van der Waals surface area (Å²) in [6, 6.07) is 9.50. The van der Waals surface area contributed by atoms with Gasteiger partial charge in [-0.05, 0) is 43.7 Å². The molecule has 1 aromatic carbocycles. The van der Waals surface area contributed by atoms with Crippen molar-refractivity contribution in [3.63, 3.8) is 0 Å². The maximum absolute atomic E-state index is 12.4. The van der Waals surface area contributed by atoms with Crippen LogP contribution in [0.5, 0.6) is 0 Å². The predicted octanol–water partition coefficient (Wildman–Crippen LogP) is 2.11. The normalized spacial score (nSPS) is 14.0. The molecule has 2 N–H and O–H groups in total. The first-order valence-corrected chi connectivity index (χ1v) is 9.32. The first-order chi connectivity index (χ1) is 11.9. The molecule has 0 unspecified atom stereocenters. The van der Waals surface area contributed by atoms with E-state index in [-0.39, 0.29) is 10.8 Å². The molecule has 0 fully saturated rings. The van der Waals surface area contributed by atoms with Gasteiger partial charge in [0.05, 0.1) is 10.5 Å². The maximum Gasteiger partial charge on any atom is 0.262 e. The van der Waals surface area contributed by atoms with Crippen molar-refractivity contribution in [3.05, 3.63) is 53.9 Å². The molecule has 1 aromatic heterocycles. The fourth-order valence-electron chi connectivity index (χ4n) is 2.38. The number of carbonyl (C=O) groups excluding carboxylic acids is 1. The third-order valence-electron chi connectivity index (χ3n) is 3.70. The predicted molar refractivity (Wildman–Crippen MR) is 95.2 cm³/mol. The molecular formula is C17H18N4O3S. The van der Waals surface area contributed by atoms with Gasteiger partial charge < -0.3 is 5.32 Å². The van der Waals surface area contributed by atoms with Crippen LogP contribution in [0.25, 0.3) is 0 Å². The monoisotopic (exact) mass is 358 g/mol. The molecular weight excluding hydrogens is 340 g/mol. The van der Waals surface area contributed by atoms with Crippen molar-refractivity contribution in [2.45, 2.75) is 24.7 Å². The van der Waals surface area contributed by atoms with E-state index in [0.717, 1.165) is 12.1 Å². The number of hydrogen-bond acceptors (Lipinski definition) is 5. The van der Waals surface area contributed by atoms with Crippen LogP contribution in [-0.2, 0) is 10.0 Å². The third-order valence-corrected chi connectivity index (χ3v) is 5.08. The summed E-state index contributed by atoms with van der Waals surface area (Å²) in [4.78, 5) is 20.5. The molecule has 130 valence electrons. The quantitative estimate of drug-likeness (QED) is 0.874. The molecule has 2 heterocycles. The van der Waals surface area contributed by atoms with Crippen LogP contribution in [0.15, 0.2) is 52.5 Å². The van der Waals surface area contributed by atoms with Crippen molar-refractivity contribution in [1.82, 2.24) is 9.71 Å². The van der Waals surface area contributed by atoms with E-state index in [4.69, 9.17) is 0 Å². The summed E-state index contributed by atoms with van der Waals surface area (Å²) in [5.74, 6) is 0.121. The molecule has 3 rings (SSSR count). The lowest BCUT2D eigenvalue weighted by atomic mass is 10.2. The van der Waals surface area contributed by atoms with Crippen LogP contribution in [0.4, 0.5) is 5.69 Å². The molecule has 0 atom stereocenters. The molecule has 0 aliphatic carbocycles. The van der Waals surface area contributed by atoms with E-state index in [0.29, 0.717) is 30.1 Å². The molecule has 1 aliphatic heterocycles. The van der Waals surface area contributed by atoms with Crippen molar-refractivity contribution >= 4 is 27.5 Å². The third kappa shape index (κ3) is 4.21. The number of hydrogen-bond donors (Lipinski definition) is 2. The zero-order valence-electron chi connectivity index (χ0n) is 13.7. The van der Waals surface area contributed by atoms with Gasteiger partial charge in [-0.15, -0.1) is 0 Å². The molecule has 0 spiro atoms. The molecule has 1 aliphatic rings. The Morgan fingerprint density at radius 1 is 1.20 bits per heavy atom. The number of rotatable bonds is 4. The van der Waals surface area contributed by atoms with Crippen LogP contribution in [0.3, 0.4) is 0 Å². The fraction of sp³-hybridized carbons (Fsp3) is 0.235. The SMILES string of the molecule is Cc1ccc(C(=O)Nc2cccc(S(=O)(=O)NC3=NCCC3)c2)cn1. The molecule has 0 bridgehead atoms. The average molecular weight is 358 g/mol. The molecule has 2 aromatic rings. The number of benzene rings is 1. The van der Waals surface area contributed by atoms with Gasteiger partial charge >= 0.3 is 0 Å². The first-order valence-electron chi connectivity index (χ1n) is 7.84. The zero-order chi connectivity index (χ0) is 17.9. The number of anilines is 1. The van der Waals surface area contributed by atoms with Crippen molar-refractivity contribution in [1.29, 1.82) is 0 Å². The summed E-state index contributed by atoms with van der Waals surface area (Å²) in [6.45, 7) is 2.47. The largest absolute Gasteiger partial charge is 0.322 e. The summed E-state index contributed by atoms with van der Waals surface area (Å²) in [7, 11) is -3.72. The molecule has 0 saturated carbocycles. The highest BCUT2D eigenvalue weighted by Gasteiger charge is 2.19. The minimum Gasteiger partial charge on any atom is -0.322 e. The van der Waals surface area contributed by atoms with Crippen LogP contribution in [0.1, 0.15) is 28.9 Å². The van der Waals surface area contributed by atoms with E-state index in [2.05, 4.69) is 20.0 Å². The number of nitrogens with zero attached hydrogens (tertiary/aromatic N) is 2. The molecule has 0 saturated heterocycles. The van der Waals surface area contributed by atoms with E-state index in [9.17, 15) is 13.2 Å². The second-order valence-corrected chi connectivity index (χ2v) is 7.39. The number of aryl methyl sites for hydroxylation is 1. The highest BCUT2D eigenvalue weighted by atomic mass is 32.2. The van der Waals surface area contributed by atoms with E-state index in [1.165, 1.54) is 18.3 Å². The number of aromatic nitrogens is 1. The summed E-state index contributed by atoms with van der Waals surface area (Å²) < 4.78 is 27.3. The smallest absolute Gasteiger partial charge is 0.262 e. The first kappa shape index (κ1) is 17.1. The van der Waals surface area contributed by atoms with Crippen LogP contribution in [0, 0.1) is 6.92 Å². The highest BCUT2D eigenvalue weighted by molar-refractivity contribution is 7.90. The maximum atomic E-state index is 12.4. The van der Waals surface area contributed by atoms with Crippen molar-refractivity contribution in [2.24, 2.45) is 4.99 Å². The molecule has 25 heavy (non-hydrogen) atoms. The molecule has 0 radical (unpaired) electrons. The minimum atomic E-state index is -3.72. The lowest BCUT2D eigenvalue weighted by Gasteiger charge is -2.10. The Labute approximate surface area is 146 Å². The lowest BCUT2D eigenvalue weighted by Crippen LogP contribution is -2.29. The van der Waals surface area contributed by atoms with E-state index >= 15 is 0 Å². The Morgan fingerprint density at radius 2 is 2.04 bits per heavy atom. The highest BCUT2D eigenvalue weighted by Crippen LogP contribution is 2.17. The standard InChI is InChI=1S/C17H18N4O3S/c1-12-7-8-13(11-19-12)17(22)20-14-4-2-5-15(10-14)25(23,24)21-16-6-3-9-18-16/h2,4-5,7-8,10-11H,3,6,9H2,1H3,(H,18,21)(H,20,22). The zero-order valence-corrected chi connectivity index (χ0v) is 14.5. The number of carbonyl (C=O) groups is 1. The fourth-order valence-corrected chi connectivity index (χ4v) is 3.52. The Kier molecular flexibility index (Phi) is 4.80. The number of aliphatic imine (C=N–C) groups is 1. The average Bonchev–Trinajstić information content (AvgIpc) is 3.08. The van der Waals surface area contributed by atoms with Gasteiger partial charge in [0.15, 0.2) is 0 Å². The van der Waals surface area contributed by atoms with Gasteiger partial charge in [-0.2, -0.15) is 0 Å². The van der Waals surface area contributed by atoms with Crippen LogP contribution < -0.4 is 10.0 Å². The minimum absolute atomic E-state index is 0.0712. The van der Waals surface area contributed by atoms with Gasteiger partial charge in [-0.3, -0.25) is 19.5 Å². The van der Waals surface area contributed by atoms with E-state index in [1.54, 1.807) is 24.3 Å². The summed E-state index contributed by atoms with van der Waals surface area (Å²) in [5.41, 5.74) is 1.60. The summed E-state index contributed by atoms with van der Waals surface area (Å²) in [6.07, 6.45) is 2.94. The van der Waals surface area contributed by atoms with Gasteiger partial charge in [0.1, 0.15) is 5.84 Å². The second kappa shape index (κ2) is 7.02. The number of amides is 1. The Balaban J connectivity index is 1.76. The van der Waals surface area contributed by atoms with Crippen LogP contribution in [-0.4, -0.2) is 31.7 Å². The second-order valence-electron chi connectivity index (χ2n) is 5.71. The van der Waals surface area contributed by atoms with E-state index in [1.807, 2.05) is 6.92 Å². The van der Waals surface area contributed by atoms with Crippen molar-refractivity contribution < 1.29 is 13.2 Å². The number of amidine groups is 1. The lowest BCUT2D eigenvalue weighted by molar-refractivity contribution is 0.102. The van der Waals surface area contributed by atoms with Gasteiger partial charge in [0.2, 0.25) is 0 Å². The number of nitrogens with one attached hydrogen (secondary N) is 2. The Bertz CT molecular complexity index is 921. The topological polar surface area (TPSA) is 101 Å². The number of sulfonamides is 1. The van der Waals surface area contributed by atoms with Gasteiger partial charge in [-0.25, -0.2) is 8.42 Å². The molecule has 8 heteroatoms. The van der Waals surface area contributed by atoms with Crippen molar-refractivity contribution in [2.75, 3.05) is 11.9 Å². The van der Waals surface area contributed by atoms with Gasteiger partial charge in [-0.1, -0.05) is 6.07 Å². The summed E-state index contributed by atoms with van der Waals surface area (Å²) >= 11 is 0. The Morgan fingerprint density at radius 3 is 2.72 bits per heavy atom. The van der Waals surface area contributed by atoms with Gasteiger partial charge in [0.25, 0.3) is 15.9 Å². The molecule has 7 nitrogen and oxygen atoms in total. The number of pyridine rings is 1.